The quantitative estimate of drug-likeness (QED) is 0.395. The Kier molecular flexibility index (Phi) is 7.50. The van der Waals surface area contributed by atoms with Crippen molar-refractivity contribution in [3.63, 3.8) is 0 Å². The highest BCUT2D eigenvalue weighted by molar-refractivity contribution is 7.86. The molecule has 0 saturated carbocycles. The van der Waals surface area contributed by atoms with Crippen molar-refractivity contribution in [3.05, 3.63) is 0 Å². The minimum Gasteiger partial charge on any atom is -0.279 e. The van der Waals surface area contributed by atoms with Gasteiger partial charge in [-0.2, -0.15) is 21.6 Å². The van der Waals surface area contributed by atoms with Crippen molar-refractivity contribution in [2.24, 2.45) is 0 Å². The van der Waals surface area contributed by atoms with Gasteiger partial charge in [0.2, 0.25) is 0 Å². The SMILES string of the molecule is CCC#CCC.O=S(=O)(O)C(F)(F)F. The minimum atomic E-state index is -5.84. The molecule has 0 bridgehead atoms. The first-order valence-corrected chi connectivity index (χ1v) is 5.10. The molecule has 3 nitrogen and oxygen atoms in total. The van der Waals surface area contributed by atoms with Gasteiger partial charge in [-0.15, -0.1) is 11.8 Å². The molecule has 0 aromatic rings. The van der Waals surface area contributed by atoms with E-state index < -0.39 is 15.6 Å². The second-order valence-corrected chi connectivity index (χ2v) is 3.39. The molecule has 0 saturated heterocycles. The molecule has 0 amide bonds. The molecule has 0 spiro atoms. The minimum absolute atomic E-state index is 0.994. The molecular formula is C7H11F3O3S. The van der Waals surface area contributed by atoms with Crippen LogP contribution in [0.5, 0.6) is 0 Å². The summed E-state index contributed by atoms with van der Waals surface area (Å²) < 4.78 is 57.5. The molecule has 0 rings (SSSR count). The number of hydrogen-bond acceptors (Lipinski definition) is 2. The maximum atomic E-state index is 10.7. The van der Waals surface area contributed by atoms with Gasteiger partial charge in [0.15, 0.2) is 0 Å². The van der Waals surface area contributed by atoms with Gasteiger partial charge < -0.3 is 0 Å². The van der Waals surface area contributed by atoms with Crippen LogP contribution in [-0.4, -0.2) is 18.5 Å². The lowest BCUT2D eigenvalue weighted by atomic mass is 10.4. The summed E-state index contributed by atoms with van der Waals surface area (Å²) >= 11 is 0. The molecule has 0 heterocycles. The Morgan fingerprint density at radius 2 is 1.36 bits per heavy atom. The zero-order valence-electron chi connectivity index (χ0n) is 7.72. The van der Waals surface area contributed by atoms with Gasteiger partial charge in [0.25, 0.3) is 0 Å². The van der Waals surface area contributed by atoms with Gasteiger partial charge in [-0.3, -0.25) is 4.55 Å². The second kappa shape index (κ2) is 6.68. The molecule has 0 aliphatic heterocycles. The first kappa shape index (κ1) is 15.7. The standard InChI is InChI=1S/C6H10.CHF3O3S/c1-3-5-6-4-2;2-1(3,4)8(5,6)7/h3-4H2,1-2H3;(H,5,6,7). The van der Waals surface area contributed by atoms with Crippen molar-refractivity contribution in [2.75, 3.05) is 0 Å². The third kappa shape index (κ3) is 9.35. The van der Waals surface area contributed by atoms with Crippen molar-refractivity contribution in [1.82, 2.24) is 0 Å². The maximum Gasteiger partial charge on any atom is 0.522 e. The van der Waals surface area contributed by atoms with Crippen LogP contribution in [-0.2, 0) is 10.1 Å². The van der Waals surface area contributed by atoms with Crippen molar-refractivity contribution in [1.29, 1.82) is 0 Å². The first-order chi connectivity index (χ1) is 6.16. The zero-order valence-corrected chi connectivity index (χ0v) is 8.54. The topological polar surface area (TPSA) is 54.4 Å². The van der Waals surface area contributed by atoms with E-state index in [1.807, 2.05) is 0 Å². The number of rotatable bonds is 0. The van der Waals surface area contributed by atoms with E-state index in [1.54, 1.807) is 0 Å². The number of alkyl halides is 3. The van der Waals surface area contributed by atoms with Gasteiger partial charge in [-0.1, -0.05) is 13.8 Å². The monoisotopic (exact) mass is 232 g/mol. The van der Waals surface area contributed by atoms with E-state index in [1.165, 1.54) is 0 Å². The third-order valence-electron chi connectivity index (χ3n) is 0.771. The molecule has 0 fully saturated rings. The molecular weight excluding hydrogens is 221 g/mol. The Balaban J connectivity index is 0. The third-order valence-corrected chi connectivity index (χ3v) is 1.36. The highest BCUT2D eigenvalue weighted by Gasteiger charge is 2.44. The van der Waals surface area contributed by atoms with E-state index >= 15 is 0 Å². The molecule has 0 aliphatic carbocycles. The summed E-state index contributed by atoms with van der Waals surface area (Å²) in [5, 5.41) is 0. The smallest absolute Gasteiger partial charge is 0.279 e. The first-order valence-electron chi connectivity index (χ1n) is 3.66. The summed E-state index contributed by atoms with van der Waals surface area (Å²) in [7, 11) is -5.84. The van der Waals surface area contributed by atoms with Crippen LogP contribution in [0.3, 0.4) is 0 Å². The van der Waals surface area contributed by atoms with Crippen LogP contribution < -0.4 is 0 Å². The molecule has 7 heteroatoms. The van der Waals surface area contributed by atoms with Crippen molar-refractivity contribution >= 4 is 10.1 Å². The molecule has 0 aromatic heterocycles. The van der Waals surface area contributed by atoms with Crippen LogP contribution in [0.25, 0.3) is 0 Å². The van der Waals surface area contributed by atoms with Gasteiger partial charge in [0.05, 0.1) is 0 Å². The average Bonchev–Trinajstić information content (AvgIpc) is 1.98. The molecule has 1 N–H and O–H groups in total. The van der Waals surface area contributed by atoms with Gasteiger partial charge in [-0.05, 0) is 0 Å². The molecule has 0 aromatic carbocycles. The maximum absolute atomic E-state index is 10.7. The Morgan fingerprint density at radius 1 is 1.14 bits per heavy atom. The van der Waals surface area contributed by atoms with Crippen molar-refractivity contribution in [2.45, 2.75) is 32.2 Å². The highest BCUT2D eigenvalue weighted by Crippen LogP contribution is 2.20. The van der Waals surface area contributed by atoms with E-state index in [2.05, 4.69) is 25.7 Å². The van der Waals surface area contributed by atoms with Crippen LogP contribution in [0.1, 0.15) is 26.7 Å². The molecule has 0 aliphatic rings. The van der Waals surface area contributed by atoms with Gasteiger partial charge >= 0.3 is 15.6 Å². The van der Waals surface area contributed by atoms with Crippen LogP contribution in [0.2, 0.25) is 0 Å². The fourth-order valence-corrected chi connectivity index (χ4v) is 0.250. The predicted octanol–water partition coefficient (Wildman–Crippen LogP) is 2.20. The van der Waals surface area contributed by atoms with E-state index in [0.717, 1.165) is 12.8 Å². The van der Waals surface area contributed by atoms with Crippen LogP contribution in [0.4, 0.5) is 13.2 Å². The lowest BCUT2D eigenvalue weighted by Gasteiger charge is -1.97. The fourth-order valence-electron chi connectivity index (χ4n) is 0.250. The Hall–Kier alpha value is -0.740. The Bertz CT molecular complexity index is 286. The van der Waals surface area contributed by atoms with Gasteiger partial charge in [0.1, 0.15) is 0 Å². The van der Waals surface area contributed by atoms with Crippen molar-refractivity contribution in [3.8, 4) is 11.8 Å². The Morgan fingerprint density at radius 3 is 1.43 bits per heavy atom. The second-order valence-electron chi connectivity index (χ2n) is 1.98. The van der Waals surface area contributed by atoms with Crippen LogP contribution in [0.15, 0.2) is 0 Å². The van der Waals surface area contributed by atoms with E-state index in [0.29, 0.717) is 0 Å². The Labute approximate surface area is 81.1 Å². The molecule has 0 unspecified atom stereocenters. The predicted molar refractivity (Wildman–Crippen MR) is 46.0 cm³/mol. The average molecular weight is 232 g/mol. The summed E-state index contributed by atoms with van der Waals surface area (Å²) in [5.74, 6) is 5.90. The lowest BCUT2D eigenvalue weighted by Crippen LogP contribution is -2.21. The number of hydrogen-bond donors (Lipinski definition) is 1. The summed E-state index contributed by atoms with van der Waals surface area (Å²) in [5.41, 5.74) is -5.53. The van der Waals surface area contributed by atoms with Crippen LogP contribution in [0, 0.1) is 11.8 Å². The number of halogens is 3. The lowest BCUT2D eigenvalue weighted by molar-refractivity contribution is -0.0510. The van der Waals surface area contributed by atoms with Crippen LogP contribution >= 0.6 is 0 Å². The molecule has 14 heavy (non-hydrogen) atoms. The largest absolute Gasteiger partial charge is 0.522 e. The molecule has 84 valence electrons. The van der Waals surface area contributed by atoms with E-state index in [4.69, 9.17) is 13.0 Å². The van der Waals surface area contributed by atoms with Gasteiger partial charge in [0, 0.05) is 12.8 Å². The van der Waals surface area contributed by atoms with E-state index in [-0.39, 0.29) is 0 Å². The summed E-state index contributed by atoms with van der Waals surface area (Å²) in [6.07, 6.45) is 1.99. The summed E-state index contributed by atoms with van der Waals surface area (Å²) in [4.78, 5) is 0. The molecule has 0 radical (unpaired) electrons. The van der Waals surface area contributed by atoms with E-state index in [9.17, 15) is 13.2 Å². The normalized spacial score (nSPS) is 10.7. The summed E-state index contributed by atoms with van der Waals surface area (Å²) in [6.45, 7) is 4.12. The fraction of sp³-hybridized carbons (Fsp3) is 0.714. The molecule has 0 atom stereocenters. The summed E-state index contributed by atoms with van der Waals surface area (Å²) in [6, 6.07) is 0. The van der Waals surface area contributed by atoms with Gasteiger partial charge in [-0.25, -0.2) is 0 Å². The van der Waals surface area contributed by atoms with Crippen molar-refractivity contribution < 1.29 is 26.1 Å². The zero-order chi connectivity index (χ0) is 11.8. The highest BCUT2D eigenvalue weighted by atomic mass is 32.2.